The van der Waals surface area contributed by atoms with Gasteiger partial charge in [-0.2, -0.15) is 0 Å². The number of rotatable bonds is 4. The molecule has 2 heterocycles. The number of carbonyl (C=O) groups is 1. The van der Waals surface area contributed by atoms with Gasteiger partial charge >= 0.3 is 0 Å². The lowest BCUT2D eigenvalue weighted by molar-refractivity contribution is -0.124. The van der Waals surface area contributed by atoms with Gasteiger partial charge in [-0.15, -0.1) is 11.3 Å². The van der Waals surface area contributed by atoms with E-state index in [1.807, 2.05) is 0 Å². The maximum Gasteiger partial charge on any atom is 0.237 e. The Labute approximate surface area is 100 Å². The summed E-state index contributed by atoms with van der Waals surface area (Å²) >= 11 is 1.75. The van der Waals surface area contributed by atoms with Crippen molar-refractivity contribution in [2.75, 3.05) is 6.54 Å². The van der Waals surface area contributed by atoms with Gasteiger partial charge in [0.2, 0.25) is 5.91 Å². The molecule has 0 aliphatic carbocycles. The molecule has 1 saturated heterocycles. The zero-order valence-corrected chi connectivity index (χ0v) is 10.3. The van der Waals surface area contributed by atoms with Crippen LogP contribution >= 0.6 is 11.3 Å². The van der Waals surface area contributed by atoms with E-state index in [9.17, 15) is 4.79 Å². The Balaban J connectivity index is 1.98. The van der Waals surface area contributed by atoms with Crippen LogP contribution in [0.1, 0.15) is 37.1 Å². The summed E-state index contributed by atoms with van der Waals surface area (Å²) in [6.07, 6.45) is 3.04. The molecule has 0 spiro atoms. The van der Waals surface area contributed by atoms with Gasteiger partial charge < -0.3 is 5.32 Å². The normalized spacial score (nSPS) is 22.8. The zero-order valence-electron chi connectivity index (χ0n) is 9.53. The van der Waals surface area contributed by atoms with Crippen LogP contribution in [0.2, 0.25) is 0 Å². The maximum atomic E-state index is 11.6. The highest BCUT2D eigenvalue weighted by molar-refractivity contribution is 7.10. The van der Waals surface area contributed by atoms with Crippen LogP contribution in [0.3, 0.4) is 0 Å². The predicted molar refractivity (Wildman–Crippen MR) is 66.5 cm³/mol. The van der Waals surface area contributed by atoms with E-state index in [1.165, 1.54) is 4.88 Å². The lowest BCUT2D eigenvalue weighted by atomic mass is 10.0. The van der Waals surface area contributed by atoms with E-state index < -0.39 is 0 Å². The van der Waals surface area contributed by atoms with Crippen LogP contribution in [0.15, 0.2) is 17.5 Å². The lowest BCUT2D eigenvalue weighted by Gasteiger charge is -2.27. The highest BCUT2D eigenvalue weighted by atomic mass is 32.1. The molecule has 2 atom stereocenters. The summed E-state index contributed by atoms with van der Waals surface area (Å²) < 4.78 is 0. The molecule has 1 aromatic heterocycles. The van der Waals surface area contributed by atoms with Gasteiger partial charge in [0.1, 0.15) is 0 Å². The third-order valence-electron chi connectivity index (χ3n) is 2.98. The second kappa shape index (κ2) is 5.46. The Hall–Kier alpha value is -0.870. The molecule has 1 amide bonds. The van der Waals surface area contributed by atoms with Crippen molar-refractivity contribution < 1.29 is 4.79 Å². The highest BCUT2D eigenvalue weighted by Gasteiger charge is 2.24. The fraction of sp³-hybridized carbons (Fsp3) is 0.583. The molecule has 1 aliphatic heterocycles. The Bertz CT molecular complexity index is 337. The number of nitrogens with one attached hydrogen (secondary N) is 2. The monoisotopic (exact) mass is 238 g/mol. The van der Waals surface area contributed by atoms with Gasteiger partial charge in [-0.25, -0.2) is 0 Å². The Kier molecular flexibility index (Phi) is 3.96. The minimum atomic E-state index is -0.0131. The lowest BCUT2D eigenvalue weighted by Crippen LogP contribution is -2.49. The Morgan fingerprint density at radius 1 is 1.69 bits per heavy atom. The van der Waals surface area contributed by atoms with Crippen LogP contribution in [-0.2, 0) is 4.79 Å². The molecular weight excluding hydrogens is 220 g/mol. The molecule has 2 unspecified atom stereocenters. The molecule has 0 saturated carbocycles. The summed E-state index contributed by atoms with van der Waals surface area (Å²) in [5.41, 5.74) is 0. The molecule has 1 aromatic rings. The summed E-state index contributed by atoms with van der Waals surface area (Å²) in [6.45, 7) is 2.98. The third kappa shape index (κ3) is 2.62. The van der Waals surface area contributed by atoms with Crippen molar-refractivity contribution in [3.05, 3.63) is 22.4 Å². The van der Waals surface area contributed by atoms with E-state index in [1.54, 1.807) is 11.3 Å². The second-order valence-electron chi connectivity index (χ2n) is 4.13. The van der Waals surface area contributed by atoms with Gasteiger partial charge in [-0.1, -0.05) is 13.0 Å². The molecule has 0 radical (unpaired) electrons. The fourth-order valence-electron chi connectivity index (χ4n) is 2.06. The quantitative estimate of drug-likeness (QED) is 0.843. The SMILES string of the molecule is CCC(NC1CCCNC1=O)c1cccs1. The largest absolute Gasteiger partial charge is 0.355 e. The minimum absolute atomic E-state index is 0.0131. The third-order valence-corrected chi connectivity index (χ3v) is 3.97. The molecular formula is C12H18N2OS. The van der Waals surface area contributed by atoms with Gasteiger partial charge in [-0.3, -0.25) is 10.1 Å². The van der Waals surface area contributed by atoms with E-state index in [4.69, 9.17) is 0 Å². The summed E-state index contributed by atoms with van der Waals surface area (Å²) in [5, 5.41) is 8.45. The van der Waals surface area contributed by atoms with Crippen molar-refractivity contribution in [3.63, 3.8) is 0 Å². The molecule has 88 valence electrons. The van der Waals surface area contributed by atoms with Crippen LogP contribution < -0.4 is 10.6 Å². The standard InChI is InChI=1S/C12H18N2OS/c1-2-9(11-6-4-8-16-11)14-10-5-3-7-13-12(10)15/h4,6,8-10,14H,2-3,5,7H2,1H3,(H,13,15). The highest BCUT2D eigenvalue weighted by Crippen LogP contribution is 2.23. The van der Waals surface area contributed by atoms with Gasteiger partial charge in [0.15, 0.2) is 0 Å². The van der Waals surface area contributed by atoms with Crippen LogP contribution in [0.25, 0.3) is 0 Å². The van der Waals surface area contributed by atoms with E-state index >= 15 is 0 Å². The molecule has 0 bridgehead atoms. The predicted octanol–water partition coefficient (Wildman–Crippen LogP) is 2.07. The number of hydrogen-bond acceptors (Lipinski definition) is 3. The summed E-state index contributed by atoms with van der Waals surface area (Å²) in [7, 11) is 0. The van der Waals surface area contributed by atoms with E-state index in [-0.39, 0.29) is 11.9 Å². The van der Waals surface area contributed by atoms with Crippen LogP contribution in [0.5, 0.6) is 0 Å². The molecule has 2 N–H and O–H groups in total. The average molecular weight is 238 g/mol. The first-order valence-corrected chi connectivity index (χ1v) is 6.76. The fourth-order valence-corrected chi connectivity index (χ4v) is 2.94. The van der Waals surface area contributed by atoms with Crippen molar-refractivity contribution >= 4 is 17.2 Å². The topological polar surface area (TPSA) is 41.1 Å². The summed E-state index contributed by atoms with van der Waals surface area (Å²) in [4.78, 5) is 13.0. The molecule has 2 rings (SSSR count). The Morgan fingerprint density at radius 2 is 2.56 bits per heavy atom. The molecule has 0 aromatic carbocycles. The molecule has 3 nitrogen and oxygen atoms in total. The zero-order chi connectivity index (χ0) is 11.4. The first kappa shape index (κ1) is 11.6. The van der Waals surface area contributed by atoms with Gasteiger partial charge in [-0.05, 0) is 30.7 Å². The Morgan fingerprint density at radius 3 is 3.19 bits per heavy atom. The second-order valence-corrected chi connectivity index (χ2v) is 5.11. The van der Waals surface area contributed by atoms with E-state index in [2.05, 4.69) is 35.1 Å². The molecule has 16 heavy (non-hydrogen) atoms. The van der Waals surface area contributed by atoms with Gasteiger partial charge in [0.05, 0.1) is 6.04 Å². The van der Waals surface area contributed by atoms with Crippen molar-refractivity contribution in [2.24, 2.45) is 0 Å². The van der Waals surface area contributed by atoms with Crippen molar-refractivity contribution in [3.8, 4) is 0 Å². The van der Waals surface area contributed by atoms with E-state index in [0.29, 0.717) is 6.04 Å². The number of hydrogen-bond donors (Lipinski definition) is 2. The van der Waals surface area contributed by atoms with Crippen molar-refractivity contribution in [2.45, 2.75) is 38.3 Å². The smallest absolute Gasteiger partial charge is 0.237 e. The van der Waals surface area contributed by atoms with Crippen LogP contribution in [0, 0.1) is 0 Å². The first-order chi connectivity index (χ1) is 7.81. The number of piperidine rings is 1. The van der Waals surface area contributed by atoms with Crippen molar-refractivity contribution in [1.29, 1.82) is 0 Å². The summed E-state index contributed by atoms with van der Waals surface area (Å²) in [6, 6.07) is 4.49. The van der Waals surface area contributed by atoms with Gasteiger partial charge in [0, 0.05) is 17.5 Å². The maximum absolute atomic E-state index is 11.6. The number of amides is 1. The van der Waals surface area contributed by atoms with Crippen LogP contribution in [-0.4, -0.2) is 18.5 Å². The van der Waals surface area contributed by atoms with E-state index in [0.717, 1.165) is 25.8 Å². The molecule has 1 aliphatic rings. The first-order valence-electron chi connectivity index (χ1n) is 5.88. The number of thiophene rings is 1. The minimum Gasteiger partial charge on any atom is -0.355 e. The van der Waals surface area contributed by atoms with Gasteiger partial charge in [0.25, 0.3) is 0 Å². The average Bonchev–Trinajstić information content (AvgIpc) is 2.81. The van der Waals surface area contributed by atoms with Crippen molar-refractivity contribution in [1.82, 2.24) is 10.6 Å². The number of carbonyl (C=O) groups excluding carboxylic acids is 1. The van der Waals surface area contributed by atoms with Crippen LogP contribution in [0.4, 0.5) is 0 Å². The molecule has 4 heteroatoms. The molecule has 1 fully saturated rings. The summed E-state index contributed by atoms with van der Waals surface area (Å²) in [5.74, 6) is 0.154.